The van der Waals surface area contributed by atoms with Crippen molar-refractivity contribution in [1.29, 1.82) is 0 Å². The second-order valence-electron chi connectivity index (χ2n) is 2.27. The summed E-state index contributed by atoms with van der Waals surface area (Å²) in [7, 11) is 1.37. The molecule has 78 valence electrons. The van der Waals surface area contributed by atoms with E-state index < -0.39 is 0 Å². The third-order valence-electron chi connectivity index (χ3n) is 1.28. The molecule has 1 aromatic rings. The van der Waals surface area contributed by atoms with Crippen LogP contribution in [-0.2, 0) is 9.53 Å². The molecule has 5 nitrogen and oxygen atoms in total. The topological polar surface area (TPSA) is 64.1 Å². The molecule has 0 aliphatic rings. The molecule has 0 aliphatic heterocycles. The van der Waals surface area contributed by atoms with Crippen LogP contribution in [0.1, 0.15) is 6.92 Å². The van der Waals surface area contributed by atoms with Gasteiger partial charge < -0.3 is 10.1 Å². The molecule has 7 heteroatoms. The number of hydrogen-bond donors (Lipinski definition) is 1. The molecule has 0 aliphatic carbocycles. The van der Waals surface area contributed by atoms with Gasteiger partial charge in [0.2, 0.25) is 5.13 Å². The second-order valence-corrected chi connectivity index (χ2v) is 4.47. The van der Waals surface area contributed by atoms with Crippen LogP contribution in [0.15, 0.2) is 4.34 Å². The number of esters is 1. The van der Waals surface area contributed by atoms with E-state index in [0.29, 0.717) is 0 Å². The molecule has 1 heterocycles. The highest BCUT2D eigenvalue weighted by Gasteiger charge is 2.06. The average molecular weight is 233 g/mol. The summed E-state index contributed by atoms with van der Waals surface area (Å²) in [5.74, 6) is 0.0206. The van der Waals surface area contributed by atoms with Gasteiger partial charge in [-0.05, 0) is 6.92 Å². The van der Waals surface area contributed by atoms with E-state index in [-0.39, 0.29) is 11.7 Å². The Morgan fingerprint density at radius 2 is 2.43 bits per heavy atom. The Bertz CT molecular complexity index is 303. The summed E-state index contributed by atoms with van der Waals surface area (Å²) in [5, 5.41) is 11.6. The van der Waals surface area contributed by atoms with Gasteiger partial charge in [-0.3, -0.25) is 4.79 Å². The van der Waals surface area contributed by atoms with Crippen LogP contribution < -0.4 is 5.32 Å². The number of nitrogens with zero attached hydrogens (tertiary/aromatic N) is 2. The third-order valence-corrected chi connectivity index (χ3v) is 3.26. The van der Waals surface area contributed by atoms with Crippen LogP contribution >= 0.6 is 23.1 Å². The van der Waals surface area contributed by atoms with Crippen molar-refractivity contribution in [3.8, 4) is 0 Å². The molecule has 1 aromatic heterocycles. The molecule has 0 unspecified atom stereocenters. The second kappa shape index (κ2) is 5.82. The van der Waals surface area contributed by atoms with Crippen LogP contribution in [0, 0.1) is 0 Å². The zero-order valence-electron chi connectivity index (χ0n) is 7.94. The van der Waals surface area contributed by atoms with E-state index in [1.807, 2.05) is 6.92 Å². The zero-order chi connectivity index (χ0) is 10.4. The van der Waals surface area contributed by atoms with Gasteiger partial charge in [0.15, 0.2) is 4.34 Å². The van der Waals surface area contributed by atoms with Gasteiger partial charge in [-0.15, -0.1) is 10.2 Å². The lowest BCUT2D eigenvalue weighted by molar-refractivity contribution is -0.137. The van der Waals surface area contributed by atoms with E-state index >= 15 is 0 Å². The number of thioether (sulfide) groups is 1. The Morgan fingerprint density at radius 3 is 3.07 bits per heavy atom. The summed E-state index contributed by atoms with van der Waals surface area (Å²) in [6.45, 7) is 2.80. The first-order valence-corrected chi connectivity index (χ1v) is 5.83. The highest BCUT2D eigenvalue weighted by molar-refractivity contribution is 8.01. The van der Waals surface area contributed by atoms with Crippen LogP contribution in [0.4, 0.5) is 5.13 Å². The van der Waals surface area contributed by atoms with Gasteiger partial charge >= 0.3 is 5.97 Å². The predicted octanol–water partition coefficient (Wildman–Crippen LogP) is 1.23. The van der Waals surface area contributed by atoms with E-state index in [4.69, 9.17) is 0 Å². The van der Waals surface area contributed by atoms with Crippen LogP contribution in [0.2, 0.25) is 0 Å². The van der Waals surface area contributed by atoms with Gasteiger partial charge in [-0.2, -0.15) is 0 Å². The molecular formula is C7H11N3O2S2. The number of anilines is 1. The molecule has 0 saturated carbocycles. The maximum Gasteiger partial charge on any atom is 0.316 e. The first-order chi connectivity index (χ1) is 6.76. The number of methoxy groups -OCH3 is 1. The number of ether oxygens (including phenoxy) is 1. The van der Waals surface area contributed by atoms with E-state index in [2.05, 4.69) is 20.3 Å². The van der Waals surface area contributed by atoms with Crippen molar-refractivity contribution in [2.45, 2.75) is 11.3 Å². The molecule has 0 radical (unpaired) electrons. The van der Waals surface area contributed by atoms with Gasteiger partial charge in [-0.25, -0.2) is 0 Å². The first-order valence-electron chi connectivity index (χ1n) is 4.03. The van der Waals surface area contributed by atoms with Crippen molar-refractivity contribution in [1.82, 2.24) is 10.2 Å². The fraction of sp³-hybridized carbons (Fsp3) is 0.571. The van der Waals surface area contributed by atoms with Crippen LogP contribution in [0.5, 0.6) is 0 Å². The number of rotatable bonds is 5. The van der Waals surface area contributed by atoms with Crippen LogP contribution in [-0.4, -0.2) is 35.6 Å². The van der Waals surface area contributed by atoms with Gasteiger partial charge in [-0.1, -0.05) is 23.1 Å². The average Bonchev–Trinajstić information content (AvgIpc) is 2.63. The summed E-state index contributed by atoms with van der Waals surface area (Å²) < 4.78 is 5.28. The fourth-order valence-electron chi connectivity index (χ4n) is 0.670. The minimum Gasteiger partial charge on any atom is -0.468 e. The molecule has 0 atom stereocenters. The smallest absolute Gasteiger partial charge is 0.316 e. The monoisotopic (exact) mass is 233 g/mol. The number of carbonyl (C=O) groups is 1. The highest BCUT2D eigenvalue weighted by atomic mass is 32.2. The Labute approximate surface area is 90.3 Å². The first kappa shape index (κ1) is 11.3. The number of hydrogen-bond acceptors (Lipinski definition) is 7. The Morgan fingerprint density at radius 1 is 1.64 bits per heavy atom. The summed E-state index contributed by atoms with van der Waals surface area (Å²) in [4.78, 5) is 10.8. The summed E-state index contributed by atoms with van der Waals surface area (Å²) in [6.07, 6.45) is 0. The largest absolute Gasteiger partial charge is 0.468 e. The van der Waals surface area contributed by atoms with E-state index in [1.165, 1.54) is 30.2 Å². The van der Waals surface area contributed by atoms with Crippen LogP contribution in [0.25, 0.3) is 0 Å². The fourth-order valence-corrected chi connectivity index (χ4v) is 2.32. The van der Waals surface area contributed by atoms with Crippen molar-refractivity contribution >= 4 is 34.2 Å². The van der Waals surface area contributed by atoms with E-state index in [9.17, 15) is 4.79 Å². The lowest BCUT2D eigenvalue weighted by Gasteiger charge is -1.94. The zero-order valence-corrected chi connectivity index (χ0v) is 9.57. The van der Waals surface area contributed by atoms with E-state index in [0.717, 1.165) is 16.0 Å². The number of nitrogens with one attached hydrogen (secondary N) is 1. The third kappa shape index (κ3) is 3.51. The SMILES string of the molecule is CCNc1nnc(SCC(=O)OC)s1. The Hall–Kier alpha value is -0.820. The highest BCUT2D eigenvalue weighted by Crippen LogP contribution is 2.25. The van der Waals surface area contributed by atoms with Crippen LogP contribution in [0.3, 0.4) is 0 Å². The standard InChI is InChI=1S/C7H11N3O2S2/c1-3-8-6-9-10-7(14-6)13-4-5(11)12-2/h3-4H2,1-2H3,(H,8,9). The Balaban J connectivity index is 2.39. The summed E-state index contributed by atoms with van der Waals surface area (Å²) >= 11 is 2.76. The molecule has 0 bridgehead atoms. The lowest BCUT2D eigenvalue weighted by Crippen LogP contribution is -2.02. The molecule has 0 fully saturated rings. The molecule has 0 amide bonds. The molecule has 0 aromatic carbocycles. The molecular weight excluding hydrogens is 222 g/mol. The van der Waals surface area contributed by atoms with Crippen molar-refractivity contribution in [3.63, 3.8) is 0 Å². The Kier molecular flexibility index (Phi) is 4.68. The van der Waals surface area contributed by atoms with Gasteiger partial charge in [0.1, 0.15) is 0 Å². The molecule has 0 saturated heterocycles. The summed E-state index contributed by atoms with van der Waals surface area (Å²) in [5.41, 5.74) is 0. The lowest BCUT2D eigenvalue weighted by atomic mass is 10.8. The molecule has 1 rings (SSSR count). The molecule has 0 spiro atoms. The minimum absolute atomic E-state index is 0.254. The summed E-state index contributed by atoms with van der Waals surface area (Å²) in [6, 6.07) is 0. The normalized spacial score (nSPS) is 9.86. The maximum absolute atomic E-state index is 10.8. The van der Waals surface area contributed by atoms with Crippen molar-refractivity contribution in [2.24, 2.45) is 0 Å². The number of carbonyl (C=O) groups excluding carboxylic acids is 1. The van der Waals surface area contributed by atoms with Crippen molar-refractivity contribution < 1.29 is 9.53 Å². The van der Waals surface area contributed by atoms with Crippen molar-refractivity contribution in [2.75, 3.05) is 24.7 Å². The van der Waals surface area contributed by atoms with E-state index in [1.54, 1.807) is 0 Å². The van der Waals surface area contributed by atoms with Gasteiger partial charge in [0, 0.05) is 6.54 Å². The molecule has 14 heavy (non-hydrogen) atoms. The molecule has 1 N–H and O–H groups in total. The van der Waals surface area contributed by atoms with Crippen molar-refractivity contribution in [3.05, 3.63) is 0 Å². The van der Waals surface area contributed by atoms with Gasteiger partial charge in [0.25, 0.3) is 0 Å². The predicted molar refractivity (Wildman–Crippen MR) is 56.8 cm³/mol. The number of aromatic nitrogens is 2. The minimum atomic E-state index is -0.254. The maximum atomic E-state index is 10.8. The van der Waals surface area contributed by atoms with Gasteiger partial charge in [0.05, 0.1) is 12.9 Å². The quantitative estimate of drug-likeness (QED) is 0.609.